The summed E-state index contributed by atoms with van der Waals surface area (Å²) >= 11 is 3.33. The predicted octanol–water partition coefficient (Wildman–Crippen LogP) is 2.35. The van der Waals surface area contributed by atoms with Gasteiger partial charge in [-0.25, -0.2) is 9.67 Å². The van der Waals surface area contributed by atoms with E-state index in [0.717, 1.165) is 0 Å². The first kappa shape index (κ1) is 13.9. The van der Waals surface area contributed by atoms with Crippen LogP contribution in [0.2, 0.25) is 0 Å². The minimum Gasteiger partial charge on any atom is -0.297 e. The van der Waals surface area contributed by atoms with E-state index in [0.29, 0.717) is 21.5 Å². The van der Waals surface area contributed by atoms with Crippen molar-refractivity contribution in [1.29, 1.82) is 0 Å². The Morgan fingerprint density at radius 1 is 1.29 bits per heavy atom. The number of aromatic nitrogens is 3. The molecule has 0 bridgehead atoms. The number of nitrogens with zero attached hydrogens (tertiary/aromatic N) is 4. The van der Waals surface area contributed by atoms with E-state index in [1.165, 1.54) is 11.2 Å². The van der Waals surface area contributed by atoms with E-state index in [9.17, 15) is 9.59 Å². The Hall–Kier alpha value is -2.02. The molecule has 1 aromatic heterocycles. The largest absolute Gasteiger partial charge is 0.299 e. The Balaban J connectivity index is 2.01. The number of carbonyl (C=O) groups excluding carboxylic acids is 2. The summed E-state index contributed by atoms with van der Waals surface area (Å²) in [6.45, 7) is 4.20. The van der Waals surface area contributed by atoms with E-state index in [1.54, 1.807) is 22.9 Å². The fourth-order valence-corrected chi connectivity index (χ4v) is 2.95. The summed E-state index contributed by atoms with van der Waals surface area (Å²) in [4.78, 5) is 30.0. The highest BCUT2D eigenvalue weighted by molar-refractivity contribution is 9.10. The number of amides is 1. The van der Waals surface area contributed by atoms with Gasteiger partial charge in [0.15, 0.2) is 0 Å². The molecule has 3 rings (SSSR count). The van der Waals surface area contributed by atoms with Gasteiger partial charge in [0.05, 0.1) is 17.8 Å². The zero-order valence-electron chi connectivity index (χ0n) is 11.6. The molecular formula is C14H13BrN4O2. The first-order valence-electron chi connectivity index (χ1n) is 6.53. The normalized spacial score (nSPS) is 14.2. The molecule has 108 valence electrons. The molecular weight excluding hydrogens is 336 g/mol. The van der Waals surface area contributed by atoms with Crippen molar-refractivity contribution in [1.82, 2.24) is 14.8 Å². The van der Waals surface area contributed by atoms with Gasteiger partial charge >= 0.3 is 0 Å². The molecule has 0 saturated heterocycles. The molecule has 0 unspecified atom stereocenters. The molecule has 0 aliphatic carbocycles. The third kappa shape index (κ3) is 2.17. The van der Waals surface area contributed by atoms with Gasteiger partial charge in [-0.1, -0.05) is 6.07 Å². The van der Waals surface area contributed by atoms with Crippen molar-refractivity contribution in [2.24, 2.45) is 0 Å². The fraction of sp³-hybridized carbons (Fsp3) is 0.286. The molecule has 21 heavy (non-hydrogen) atoms. The summed E-state index contributed by atoms with van der Waals surface area (Å²) in [5.41, 5.74) is 1.02. The summed E-state index contributed by atoms with van der Waals surface area (Å²) in [6.07, 6.45) is 1.46. The van der Waals surface area contributed by atoms with Gasteiger partial charge in [0.2, 0.25) is 0 Å². The van der Waals surface area contributed by atoms with Gasteiger partial charge in [-0.15, -0.1) is 0 Å². The van der Waals surface area contributed by atoms with E-state index in [-0.39, 0.29) is 12.6 Å². The van der Waals surface area contributed by atoms with Crippen LogP contribution >= 0.6 is 15.9 Å². The van der Waals surface area contributed by atoms with Gasteiger partial charge in [-0.2, -0.15) is 5.10 Å². The van der Waals surface area contributed by atoms with E-state index in [4.69, 9.17) is 0 Å². The van der Waals surface area contributed by atoms with Crippen LogP contribution in [0, 0.1) is 0 Å². The van der Waals surface area contributed by atoms with Crippen LogP contribution in [0.25, 0.3) is 0 Å². The SMILES string of the molecule is CC(C)n1ncnc1CN1C(=O)C(=O)c2c(Br)cccc21. The number of benzene rings is 1. The monoisotopic (exact) mass is 348 g/mol. The number of fused-ring (bicyclic) bond motifs is 1. The zero-order chi connectivity index (χ0) is 15.1. The molecule has 0 saturated carbocycles. The van der Waals surface area contributed by atoms with Crippen molar-refractivity contribution in [3.63, 3.8) is 0 Å². The van der Waals surface area contributed by atoms with Crippen molar-refractivity contribution < 1.29 is 9.59 Å². The molecule has 1 aliphatic rings. The smallest absolute Gasteiger partial charge is 0.297 e. The number of ketones is 1. The quantitative estimate of drug-likeness (QED) is 0.798. The first-order valence-corrected chi connectivity index (χ1v) is 7.33. The highest BCUT2D eigenvalue weighted by atomic mass is 79.9. The van der Waals surface area contributed by atoms with Crippen molar-refractivity contribution in [3.05, 3.63) is 40.4 Å². The molecule has 1 aliphatic heterocycles. The van der Waals surface area contributed by atoms with Gasteiger partial charge in [0, 0.05) is 10.5 Å². The zero-order valence-corrected chi connectivity index (χ0v) is 13.2. The van der Waals surface area contributed by atoms with Crippen LogP contribution in [0.3, 0.4) is 0 Å². The summed E-state index contributed by atoms with van der Waals surface area (Å²) in [5.74, 6) is -0.373. The summed E-state index contributed by atoms with van der Waals surface area (Å²) in [7, 11) is 0. The number of rotatable bonds is 3. The van der Waals surface area contributed by atoms with Crippen LogP contribution in [-0.4, -0.2) is 26.5 Å². The third-order valence-electron chi connectivity index (χ3n) is 3.38. The Bertz CT molecular complexity index is 738. The number of halogens is 1. The first-order chi connectivity index (χ1) is 10.0. The third-order valence-corrected chi connectivity index (χ3v) is 4.05. The van der Waals surface area contributed by atoms with Gasteiger partial charge < -0.3 is 0 Å². The average molecular weight is 349 g/mol. The minimum absolute atomic E-state index is 0.137. The fourth-order valence-electron chi connectivity index (χ4n) is 2.42. The Kier molecular flexibility index (Phi) is 3.36. The molecule has 7 heteroatoms. The van der Waals surface area contributed by atoms with Gasteiger partial charge in [0.25, 0.3) is 11.7 Å². The van der Waals surface area contributed by atoms with Crippen LogP contribution in [0.15, 0.2) is 29.0 Å². The topological polar surface area (TPSA) is 68.1 Å². The van der Waals surface area contributed by atoms with Crippen LogP contribution in [0.1, 0.15) is 36.1 Å². The minimum atomic E-state index is -0.532. The second-order valence-electron chi connectivity index (χ2n) is 5.07. The number of Topliss-reactive ketones (excluding diaryl/α,β-unsaturated/α-hetero) is 1. The molecule has 0 radical (unpaired) electrons. The van der Waals surface area contributed by atoms with E-state index < -0.39 is 11.7 Å². The van der Waals surface area contributed by atoms with E-state index >= 15 is 0 Å². The number of anilines is 1. The van der Waals surface area contributed by atoms with Gasteiger partial charge in [-0.3, -0.25) is 14.5 Å². The Morgan fingerprint density at radius 3 is 2.76 bits per heavy atom. The van der Waals surface area contributed by atoms with Crippen molar-refractivity contribution in [3.8, 4) is 0 Å². The number of carbonyl (C=O) groups is 2. The van der Waals surface area contributed by atoms with Crippen LogP contribution in [-0.2, 0) is 11.3 Å². The second kappa shape index (κ2) is 5.07. The molecule has 0 spiro atoms. The maximum Gasteiger partial charge on any atom is 0.299 e. The predicted molar refractivity (Wildman–Crippen MR) is 80.1 cm³/mol. The molecule has 0 N–H and O–H groups in total. The van der Waals surface area contributed by atoms with E-state index in [2.05, 4.69) is 26.0 Å². The summed E-state index contributed by atoms with van der Waals surface area (Å²) in [6, 6.07) is 5.45. The van der Waals surface area contributed by atoms with Gasteiger partial charge in [0.1, 0.15) is 12.2 Å². The lowest BCUT2D eigenvalue weighted by Gasteiger charge is -2.17. The molecule has 2 aromatic rings. The average Bonchev–Trinajstić information content (AvgIpc) is 2.99. The lowest BCUT2D eigenvalue weighted by molar-refractivity contribution is -0.114. The molecule has 2 heterocycles. The number of hydrogen-bond acceptors (Lipinski definition) is 4. The van der Waals surface area contributed by atoms with Crippen molar-refractivity contribution in [2.75, 3.05) is 4.90 Å². The Morgan fingerprint density at radius 2 is 2.05 bits per heavy atom. The van der Waals surface area contributed by atoms with Crippen LogP contribution < -0.4 is 4.90 Å². The Labute approximate surface area is 129 Å². The molecule has 1 amide bonds. The molecule has 1 aromatic carbocycles. The maximum absolute atomic E-state index is 12.2. The van der Waals surface area contributed by atoms with E-state index in [1.807, 2.05) is 13.8 Å². The van der Waals surface area contributed by atoms with Crippen LogP contribution in [0.5, 0.6) is 0 Å². The lowest BCUT2D eigenvalue weighted by atomic mass is 10.1. The van der Waals surface area contributed by atoms with Crippen molar-refractivity contribution >= 4 is 33.3 Å². The maximum atomic E-state index is 12.2. The summed E-state index contributed by atoms with van der Waals surface area (Å²) < 4.78 is 2.37. The highest BCUT2D eigenvalue weighted by Gasteiger charge is 2.37. The molecule has 6 nitrogen and oxygen atoms in total. The molecule has 0 atom stereocenters. The summed E-state index contributed by atoms with van der Waals surface area (Å²) in [5, 5.41) is 4.15. The lowest BCUT2D eigenvalue weighted by Crippen LogP contribution is -2.30. The van der Waals surface area contributed by atoms with Gasteiger partial charge in [-0.05, 0) is 41.9 Å². The standard InChI is InChI=1S/C14H13BrN4O2/c1-8(2)19-11(16-7-17-19)6-18-10-5-3-4-9(15)12(10)13(20)14(18)21/h3-5,7-8H,6H2,1-2H3. The second-order valence-corrected chi connectivity index (χ2v) is 5.92. The molecule has 0 fully saturated rings. The number of hydrogen-bond donors (Lipinski definition) is 0. The highest BCUT2D eigenvalue weighted by Crippen LogP contribution is 2.35. The van der Waals surface area contributed by atoms with Crippen molar-refractivity contribution in [2.45, 2.75) is 26.4 Å². The van der Waals surface area contributed by atoms with Crippen LogP contribution in [0.4, 0.5) is 5.69 Å².